The molecule has 0 amide bonds. The van der Waals surface area contributed by atoms with E-state index in [2.05, 4.69) is 0 Å². The van der Waals surface area contributed by atoms with Crippen molar-refractivity contribution in [2.75, 3.05) is 0 Å². The lowest BCUT2D eigenvalue weighted by molar-refractivity contribution is 1.61. The summed E-state index contributed by atoms with van der Waals surface area (Å²) in [6.45, 7) is 0. The second kappa shape index (κ2) is 5.26. The molecule has 0 aliphatic carbocycles. The quantitative estimate of drug-likeness (QED) is 0.513. The molecule has 0 aliphatic rings. The molecule has 0 heterocycles. The van der Waals surface area contributed by atoms with Crippen LogP contribution in [0.4, 0.5) is 0 Å². The van der Waals surface area contributed by atoms with Crippen molar-refractivity contribution in [3.8, 4) is 11.1 Å². The van der Waals surface area contributed by atoms with Gasteiger partial charge in [0.15, 0.2) is 0 Å². The van der Waals surface area contributed by atoms with Gasteiger partial charge >= 0.3 is 0 Å². The Balaban J connectivity index is 2.61. The maximum atomic E-state index is 6.13. The summed E-state index contributed by atoms with van der Waals surface area (Å²) in [5.74, 6) is 0. The summed E-state index contributed by atoms with van der Waals surface area (Å²) in [7, 11) is 0. The zero-order chi connectivity index (χ0) is 12.6. The Morgan fingerprint density at radius 3 is 1.88 bits per heavy atom. The van der Waals surface area contributed by atoms with Crippen LogP contribution >= 0.6 is 58.0 Å². The van der Waals surface area contributed by atoms with Crippen molar-refractivity contribution >= 4 is 58.0 Å². The van der Waals surface area contributed by atoms with Crippen LogP contribution in [0.25, 0.3) is 11.1 Å². The van der Waals surface area contributed by atoms with Crippen molar-refractivity contribution < 1.29 is 0 Å². The summed E-state index contributed by atoms with van der Waals surface area (Å²) < 4.78 is 0. The van der Waals surface area contributed by atoms with Gasteiger partial charge in [0, 0.05) is 5.56 Å². The summed E-state index contributed by atoms with van der Waals surface area (Å²) in [4.78, 5) is 0. The molecule has 0 bridgehead atoms. The molecule has 2 rings (SSSR count). The van der Waals surface area contributed by atoms with E-state index in [0.29, 0.717) is 25.1 Å². The summed E-state index contributed by atoms with van der Waals surface area (Å²) in [6, 6.07) is 8.73. The maximum Gasteiger partial charge on any atom is 0.0784 e. The lowest BCUT2D eigenvalue weighted by atomic mass is 11.1. The molecular weight excluding hydrogens is 333 g/mol. The van der Waals surface area contributed by atoms with Crippen LogP contribution in [0.5, 0.6) is 0 Å². The minimum absolute atomic E-state index is 0.330. The average Bonchev–Trinajstić information content (AvgIpc) is 2.30. The minimum atomic E-state index is 0.330. The van der Waals surface area contributed by atoms with Crippen LogP contribution in [-0.4, -0.2) is 0 Å². The third-order valence-electron chi connectivity index (χ3n) is 2.27. The fraction of sp³-hybridized carbons (Fsp3) is 0. The van der Waals surface area contributed by atoms with E-state index in [1.165, 1.54) is 0 Å². The third kappa shape index (κ3) is 2.67. The fourth-order valence-corrected chi connectivity index (χ4v) is 2.36. The molecule has 0 nitrogen and oxygen atoms in total. The summed E-state index contributed by atoms with van der Waals surface area (Å²) in [5.41, 5.74) is 1.60. The molecule has 0 aromatic heterocycles. The van der Waals surface area contributed by atoms with E-state index in [-0.39, 0.29) is 0 Å². The predicted octanol–water partition coefficient (Wildman–Crippen LogP) is 6.62. The van der Waals surface area contributed by atoms with Crippen LogP contribution in [0, 0.1) is 0 Å². The third-order valence-corrected chi connectivity index (χ3v) is 4.30. The first-order chi connectivity index (χ1) is 8.00. The number of hydrogen-bond donors (Lipinski definition) is 0. The van der Waals surface area contributed by atoms with Crippen LogP contribution in [-0.2, 0) is 0 Å². The first-order valence-corrected chi connectivity index (χ1v) is 6.48. The average molecular weight is 338 g/mol. The van der Waals surface area contributed by atoms with E-state index in [1.807, 2.05) is 6.07 Å². The highest BCUT2D eigenvalue weighted by Gasteiger charge is 2.11. The maximum absolute atomic E-state index is 6.13. The van der Waals surface area contributed by atoms with Gasteiger partial charge in [-0.1, -0.05) is 70.1 Å². The lowest BCUT2D eigenvalue weighted by Gasteiger charge is -2.08. The standard InChI is InChI=1S/C12H5Cl5/c13-8-3-1-6(5-10(8)15)7-2-4-9(14)12(17)11(7)16/h1-5H/i1+1,2+1,3+1,4+1,5+1,6+1,7+1,8+1,9+1,10+1,11+1,12+1. The van der Waals surface area contributed by atoms with Gasteiger partial charge in [0.1, 0.15) is 0 Å². The van der Waals surface area contributed by atoms with E-state index in [0.717, 1.165) is 11.1 Å². The summed E-state index contributed by atoms with van der Waals surface area (Å²) >= 11 is 29.8. The molecular formula is C12H5Cl5. The zero-order valence-electron chi connectivity index (χ0n) is 8.28. The smallest absolute Gasteiger partial charge is 0.0784 e. The molecule has 2 aromatic carbocycles. The molecule has 0 unspecified atom stereocenters. The Morgan fingerprint density at radius 2 is 1.24 bits per heavy atom. The van der Waals surface area contributed by atoms with Crippen molar-refractivity contribution in [3.63, 3.8) is 0 Å². The normalized spacial score (nSPS) is 10.6. The van der Waals surface area contributed by atoms with Gasteiger partial charge in [0.25, 0.3) is 0 Å². The van der Waals surface area contributed by atoms with Gasteiger partial charge < -0.3 is 0 Å². The molecule has 0 saturated heterocycles. The predicted molar refractivity (Wildman–Crippen MR) is 76.9 cm³/mol. The molecule has 88 valence electrons. The Morgan fingerprint density at radius 1 is 0.588 bits per heavy atom. The monoisotopic (exact) mass is 336 g/mol. The van der Waals surface area contributed by atoms with Gasteiger partial charge in [0.05, 0.1) is 25.1 Å². The van der Waals surface area contributed by atoms with E-state index >= 15 is 0 Å². The van der Waals surface area contributed by atoms with E-state index in [9.17, 15) is 0 Å². The van der Waals surface area contributed by atoms with Gasteiger partial charge in [-0.2, -0.15) is 0 Å². The summed E-state index contributed by atoms with van der Waals surface area (Å²) in [6.07, 6.45) is 0. The highest BCUT2D eigenvalue weighted by molar-refractivity contribution is 6.49. The molecule has 0 fully saturated rings. The van der Waals surface area contributed by atoms with Gasteiger partial charge in [-0.15, -0.1) is 0 Å². The van der Waals surface area contributed by atoms with Crippen molar-refractivity contribution in [1.82, 2.24) is 0 Å². The van der Waals surface area contributed by atoms with Crippen LogP contribution in [0.3, 0.4) is 0 Å². The highest BCUT2D eigenvalue weighted by Crippen LogP contribution is 2.39. The highest BCUT2D eigenvalue weighted by atomic mass is 35.5. The second-order valence-corrected chi connectivity index (χ2v) is 5.33. The topological polar surface area (TPSA) is 0 Å². The van der Waals surface area contributed by atoms with Crippen molar-refractivity contribution in [2.24, 2.45) is 0 Å². The second-order valence-electron chi connectivity index (χ2n) is 3.35. The van der Waals surface area contributed by atoms with E-state index < -0.39 is 0 Å². The first kappa shape index (κ1) is 13.3. The number of hydrogen-bond acceptors (Lipinski definition) is 0. The van der Waals surface area contributed by atoms with Gasteiger partial charge in [-0.05, 0) is 23.8 Å². The molecule has 0 aliphatic heterocycles. The molecule has 0 N–H and O–H groups in total. The molecule has 5 heteroatoms. The minimum Gasteiger partial charge on any atom is -0.0827 e. The van der Waals surface area contributed by atoms with Gasteiger partial charge in [-0.3, -0.25) is 0 Å². The van der Waals surface area contributed by atoms with Gasteiger partial charge in [-0.25, -0.2) is 0 Å². The van der Waals surface area contributed by atoms with E-state index in [1.54, 1.807) is 24.3 Å². The van der Waals surface area contributed by atoms with Crippen molar-refractivity contribution in [3.05, 3.63) is 55.4 Å². The van der Waals surface area contributed by atoms with E-state index in [4.69, 9.17) is 58.0 Å². The Labute approximate surface area is 124 Å². The largest absolute Gasteiger partial charge is 0.0827 e. The number of rotatable bonds is 1. The molecule has 0 radical (unpaired) electrons. The molecule has 2 aromatic rings. The van der Waals surface area contributed by atoms with Crippen LogP contribution in [0.15, 0.2) is 30.3 Å². The molecule has 0 spiro atoms. The first-order valence-electron chi connectivity index (χ1n) is 4.59. The Bertz CT molecular complexity index is 577. The number of halogens is 5. The molecule has 17 heavy (non-hydrogen) atoms. The Kier molecular flexibility index (Phi) is 4.12. The number of benzene rings is 2. The van der Waals surface area contributed by atoms with Crippen molar-refractivity contribution in [1.29, 1.82) is 0 Å². The molecule has 0 saturated carbocycles. The molecule has 0 atom stereocenters. The van der Waals surface area contributed by atoms with Crippen molar-refractivity contribution in [2.45, 2.75) is 0 Å². The van der Waals surface area contributed by atoms with Gasteiger partial charge in [0.2, 0.25) is 0 Å². The van der Waals surface area contributed by atoms with Crippen LogP contribution in [0.1, 0.15) is 0 Å². The SMILES string of the molecule is Cl[13c]1[13cH][13cH][13c](-[13c]2[13cH][13cH][13c](Cl)[13c](Cl)[13c]2Cl)[13cH][13c]1Cl. The zero-order valence-corrected chi connectivity index (χ0v) is 12.1. The fourth-order valence-electron chi connectivity index (χ4n) is 1.41. The Hall–Kier alpha value is -0.110. The summed E-state index contributed by atoms with van der Waals surface area (Å²) in [5, 5.41) is 2.10. The van der Waals surface area contributed by atoms with Crippen LogP contribution in [0.2, 0.25) is 25.1 Å². The van der Waals surface area contributed by atoms with Crippen LogP contribution < -0.4 is 0 Å². The lowest BCUT2D eigenvalue weighted by Crippen LogP contribution is -1.82.